The van der Waals surface area contributed by atoms with E-state index in [0.717, 1.165) is 0 Å². The number of hydrogen-bond donors (Lipinski definition) is 1. The van der Waals surface area contributed by atoms with E-state index in [2.05, 4.69) is 19.8 Å². The molecule has 22 heavy (non-hydrogen) atoms. The van der Waals surface area contributed by atoms with Crippen LogP contribution in [0.4, 0.5) is 5.95 Å². The Labute approximate surface area is 139 Å². The molecule has 0 amide bonds. The molecule has 11 heteroatoms. The maximum absolute atomic E-state index is 12.4. The van der Waals surface area contributed by atoms with Gasteiger partial charge < -0.3 is 0 Å². The van der Waals surface area contributed by atoms with Crippen molar-refractivity contribution in [2.75, 3.05) is 4.72 Å². The Hall–Kier alpha value is -1.61. The minimum absolute atomic E-state index is 0.105. The SMILES string of the molecule is O=S(=O)(Nc1nc2ncccn2n1)c1c(Cl)cc(Cl)cc1Cl. The molecule has 1 aromatic carbocycles. The Kier molecular flexibility index (Phi) is 3.85. The molecule has 0 aliphatic heterocycles. The molecule has 2 aromatic heterocycles. The van der Waals surface area contributed by atoms with Gasteiger partial charge in [-0.1, -0.05) is 34.8 Å². The minimum Gasteiger partial charge on any atom is -0.246 e. The largest absolute Gasteiger partial charge is 0.267 e. The fourth-order valence-corrected chi connectivity index (χ4v) is 4.22. The van der Waals surface area contributed by atoms with Crippen molar-refractivity contribution in [2.45, 2.75) is 4.90 Å². The summed E-state index contributed by atoms with van der Waals surface area (Å²) in [4.78, 5) is 7.58. The third kappa shape index (κ3) is 2.82. The topological polar surface area (TPSA) is 89.2 Å². The molecule has 0 unspecified atom stereocenters. The summed E-state index contributed by atoms with van der Waals surface area (Å²) in [6, 6.07) is 4.19. The molecule has 7 nitrogen and oxygen atoms in total. The highest BCUT2D eigenvalue weighted by Crippen LogP contribution is 2.33. The maximum Gasteiger partial charge on any atom is 0.267 e. The van der Waals surface area contributed by atoms with E-state index in [1.807, 2.05) is 0 Å². The monoisotopic (exact) mass is 377 g/mol. The van der Waals surface area contributed by atoms with Gasteiger partial charge in [-0.3, -0.25) is 0 Å². The molecule has 0 fully saturated rings. The van der Waals surface area contributed by atoms with Crippen molar-refractivity contribution >= 4 is 56.6 Å². The van der Waals surface area contributed by atoms with Crippen LogP contribution in [0.5, 0.6) is 0 Å². The number of nitrogens with zero attached hydrogens (tertiary/aromatic N) is 4. The van der Waals surface area contributed by atoms with Crippen molar-refractivity contribution in [1.29, 1.82) is 0 Å². The van der Waals surface area contributed by atoms with Crippen LogP contribution >= 0.6 is 34.8 Å². The lowest BCUT2D eigenvalue weighted by Crippen LogP contribution is -2.15. The highest BCUT2D eigenvalue weighted by atomic mass is 35.5. The lowest BCUT2D eigenvalue weighted by Gasteiger charge is -2.08. The molecule has 0 saturated carbocycles. The molecular formula is C11H6Cl3N5O2S. The molecule has 2 heterocycles. The lowest BCUT2D eigenvalue weighted by molar-refractivity contribution is 0.601. The van der Waals surface area contributed by atoms with Gasteiger partial charge in [-0.2, -0.15) is 4.98 Å². The first-order chi connectivity index (χ1) is 10.4. The fourth-order valence-electron chi connectivity index (χ4n) is 1.73. The second-order valence-corrected chi connectivity index (χ2v) is 6.97. The van der Waals surface area contributed by atoms with Crippen molar-refractivity contribution < 1.29 is 8.42 Å². The summed E-state index contributed by atoms with van der Waals surface area (Å²) in [6.45, 7) is 0. The van der Waals surface area contributed by atoms with Gasteiger partial charge in [0.2, 0.25) is 0 Å². The summed E-state index contributed by atoms with van der Waals surface area (Å²) in [5.74, 6) is 0.0919. The number of rotatable bonds is 3. The number of anilines is 1. The van der Waals surface area contributed by atoms with Crippen LogP contribution in [0.2, 0.25) is 15.1 Å². The first-order valence-electron chi connectivity index (χ1n) is 5.71. The summed E-state index contributed by atoms with van der Waals surface area (Å²) in [7, 11) is -4.08. The fraction of sp³-hybridized carbons (Fsp3) is 0. The van der Waals surface area contributed by atoms with Gasteiger partial charge in [-0.15, -0.1) is 5.10 Å². The van der Waals surface area contributed by atoms with Gasteiger partial charge in [-0.25, -0.2) is 22.6 Å². The first kappa shape index (κ1) is 15.3. The van der Waals surface area contributed by atoms with E-state index >= 15 is 0 Å². The quantitative estimate of drug-likeness (QED) is 0.757. The van der Waals surface area contributed by atoms with Crippen molar-refractivity contribution in [3.8, 4) is 0 Å². The van der Waals surface area contributed by atoms with E-state index in [-0.39, 0.29) is 31.7 Å². The van der Waals surface area contributed by atoms with Crippen molar-refractivity contribution in [3.63, 3.8) is 0 Å². The van der Waals surface area contributed by atoms with Gasteiger partial charge in [-0.05, 0) is 18.2 Å². The van der Waals surface area contributed by atoms with E-state index in [0.29, 0.717) is 0 Å². The average molecular weight is 379 g/mol. The predicted octanol–water partition coefficient (Wildman–Crippen LogP) is 2.89. The minimum atomic E-state index is -4.08. The molecule has 0 aliphatic carbocycles. The smallest absolute Gasteiger partial charge is 0.246 e. The lowest BCUT2D eigenvalue weighted by atomic mass is 10.4. The first-order valence-corrected chi connectivity index (χ1v) is 8.33. The second-order valence-electron chi connectivity index (χ2n) is 4.10. The van der Waals surface area contributed by atoms with Crippen molar-refractivity contribution in [2.24, 2.45) is 0 Å². The van der Waals surface area contributed by atoms with E-state index in [9.17, 15) is 8.42 Å². The highest BCUT2D eigenvalue weighted by Gasteiger charge is 2.24. The standard InChI is InChI=1S/C11H6Cl3N5O2S/c12-6-4-7(13)9(8(14)5-6)22(20,21)18-10-16-11-15-2-1-3-19(11)17-10/h1-5H,(H,17,18). The van der Waals surface area contributed by atoms with E-state index in [1.54, 1.807) is 12.3 Å². The number of sulfonamides is 1. The zero-order valence-corrected chi connectivity index (χ0v) is 13.6. The van der Waals surface area contributed by atoms with Gasteiger partial charge in [0.05, 0.1) is 10.0 Å². The van der Waals surface area contributed by atoms with Gasteiger partial charge >= 0.3 is 0 Å². The number of halogens is 3. The van der Waals surface area contributed by atoms with E-state index in [1.165, 1.54) is 22.8 Å². The molecule has 0 atom stereocenters. The Bertz CT molecular complexity index is 917. The molecule has 0 saturated heterocycles. The second kappa shape index (κ2) is 5.54. The molecule has 114 valence electrons. The van der Waals surface area contributed by atoms with E-state index < -0.39 is 10.0 Å². The molecule has 3 rings (SSSR count). The maximum atomic E-state index is 12.4. The number of benzene rings is 1. The number of fused-ring (bicyclic) bond motifs is 1. The molecule has 1 N–H and O–H groups in total. The van der Waals surface area contributed by atoms with Crippen molar-refractivity contribution in [1.82, 2.24) is 19.6 Å². The molecule has 0 aliphatic rings. The third-order valence-electron chi connectivity index (χ3n) is 2.57. The van der Waals surface area contributed by atoms with Crippen LogP contribution in [-0.2, 0) is 10.0 Å². The van der Waals surface area contributed by atoms with Gasteiger partial charge in [0, 0.05) is 17.4 Å². The van der Waals surface area contributed by atoms with Crippen LogP contribution in [0.25, 0.3) is 5.78 Å². The van der Waals surface area contributed by atoms with Gasteiger partial charge in [0.1, 0.15) is 4.90 Å². The Morgan fingerprint density at radius 2 is 1.82 bits per heavy atom. The predicted molar refractivity (Wildman–Crippen MR) is 83.1 cm³/mol. The number of nitrogens with one attached hydrogen (secondary N) is 1. The van der Waals surface area contributed by atoms with Crippen LogP contribution in [0.15, 0.2) is 35.5 Å². The molecular weight excluding hydrogens is 373 g/mol. The normalized spacial score (nSPS) is 11.8. The molecule has 0 radical (unpaired) electrons. The van der Waals surface area contributed by atoms with Crippen LogP contribution < -0.4 is 4.72 Å². The number of aromatic nitrogens is 4. The van der Waals surface area contributed by atoms with Gasteiger partial charge in [0.15, 0.2) is 0 Å². The van der Waals surface area contributed by atoms with Gasteiger partial charge in [0.25, 0.3) is 21.7 Å². The zero-order valence-electron chi connectivity index (χ0n) is 10.5. The number of hydrogen-bond acceptors (Lipinski definition) is 5. The van der Waals surface area contributed by atoms with Crippen LogP contribution in [-0.4, -0.2) is 28.0 Å². The average Bonchev–Trinajstić information content (AvgIpc) is 2.77. The third-order valence-corrected chi connectivity index (χ3v) is 5.04. The van der Waals surface area contributed by atoms with Crippen LogP contribution in [0.1, 0.15) is 0 Å². The summed E-state index contributed by atoms with van der Waals surface area (Å²) in [6.07, 6.45) is 3.09. The summed E-state index contributed by atoms with van der Waals surface area (Å²) in [5.41, 5.74) is 0. The summed E-state index contributed by atoms with van der Waals surface area (Å²) < 4.78 is 28.3. The Morgan fingerprint density at radius 3 is 2.45 bits per heavy atom. The van der Waals surface area contributed by atoms with Crippen LogP contribution in [0, 0.1) is 0 Å². The van der Waals surface area contributed by atoms with Crippen LogP contribution in [0.3, 0.4) is 0 Å². The summed E-state index contributed by atoms with van der Waals surface area (Å²) in [5, 5.41) is 3.96. The summed E-state index contributed by atoms with van der Waals surface area (Å²) >= 11 is 17.6. The molecule has 0 bridgehead atoms. The van der Waals surface area contributed by atoms with Crippen molar-refractivity contribution in [3.05, 3.63) is 45.7 Å². The van der Waals surface area contributed by atoms with E-state index in [4.69, 9.17) is 34.8 Å². The Balaban J connectivity index is 2.04. The zero-order chi connectivity index (χ0) is 15.9. The Morgan fingerprint density at radius 1 is 1.14 bits per heavy atom. The molecule has 3 aromatic rings. The highest BCUT2D eigenvalue weighted by molar-refractivity contribution is 7.93. The molecule has 0 spiro atoms.